The maximum Gasteiger partial charge on any atom is 0.150 e. The summed E-state index contributed by atoms with van der Waals surface area (Å²) in [5.74, 6) is 0. The summed E-state index contributed by atoms with van der Waals surface area (Å²) in [4.78, 5) is 0. The summed E-state index contributed by atoms with van der Waals surface area (Å²) in [7, 11) is 0. The molecule has 3 rings (SSSR count). The topological polar surface area (TPSA) is 36.9 Å². The van der Waals surface area contributed by atoms with Crippen LogP contribution in [0.1, 0.15) is 11.1 Å². The lowest BCUT2D eigenvalue weighted by molar-refractivity contribution is -0.144. The fourth-order valence-corrected chi connectivity index (χ4v) is 2.91. The number of hydrogen-bond donors (Lipinski definition) is 0. The van der Waals surface area contributed by atoms with Gasteiger partial charge in [0.25, 0.3) is 0 Å². The summed E-state index contributed by atoms with van der Waals surface area (Å²) >= 11 is 0. The largest absolute Gasteiger partial charge is 0.493 e. The standard InChI is InChI=1S/C23H26O4/c1-2-14-24-18-22-23(27-17-20-11-7-4-8-12-20)21(13-15-25-22)26-16-19-9-5-3-6-10-19/h2-13,15,21-23H,1,14,16-18H2/t21-,22-,23+/m1/s1. The van der Waals surface area contributed by atoms with Crippen molar-refractivity contribution in [1.29, 1.82) is 0 Å². The predicted molar refractivity (Wildman–Crippen MR) is 105 cm³/mol. The van der Waals surface area contributed by atoms with Crippen LogP contribution >= 0.6 is 0 Å². The van der Waals surface area contributed by atoms with Gasteiger partial charge in [-0.3, -0.25) is 0 Å². The molecule has 2 aromatic carbocycles. The van der Waals surface area contributed by atoms with Crippen molar-refractivity contribution in [3.8, 4) is 0 Å². The van der Waals surface area contributed by atoms with Crippen LogP contribution in [0.15, 0.2) is 85.7 Å². The van der Waals surface area contributed by atoms with E-state index in [1.807, 2.05) is 66.7 Å². The van der Waals surface area contributed by atoms with Crippen molar-refractivity contribution in [3.05, 3.63) is 96.8 Å². The van der Waals surface area contributed by atoms with Crippen LogP contribution in [0.3, 0.4) is 0 Å². The Morgan fingerprint density at radius 1 is 0.889 bits per heavy atom. The average molecular weight is 366 g/mol. The first-order chi connectivity index (χ1) is 13.4. The molecule has 27 heavy (non-hydrogen) atoms. The molecule has 0 bridgehead atoms. The fraction of sp³-hybridized carbons (Fsp3) is 0.304. The Morgan fingerprint density at radius 3 is 2.15 bits per heavy atom. The van der Waals surface area contributed by atoms with Crippen molar-refractivity contribution >= 4 is 0 Å². The van der Waals surface area contributed by atoms with Gasteiger partial charge >= 0.3 is 0 Å². The molecule has 0 N–H and O–H groups in total. The van der Waals surface area contributed by atoms with Gasteiger partial charge in [0.2, 0.25) is 0 Å². The summed E-state index contributed by atoms with van der Waals surface area (Å²) in [6.07, 6.45) is 4.60. The van der Waals surface area contributed by atoms with E-state index in [0.29, 0.717) is 26.4 Å². The first-order valence-corrected chi connectivity index (χ1v) is 9.18. The van der Waals surface area contributed by atoms with Gasteiger partial charge in [0.1, 0.15) is 18.3 Å². The van der Waals surface area contributed by atoms with Crippen LogP contribution in [0.2, 0.25) is 0 Å². The Kier molecular flexibility index (Phi) is 7.66. The van der Waals surface area contributed by atoms with Crippen molar-refractivity contribution in [1.82, 2.24) is 0 Å². The van der Waals surface area contributed by atoms with Crippen molar-refractivity contribution in [3.63, 3.8) is 0 Å². The molecule has 0 unspecified atom stereocenters. The fourth-order valence-electron chi connectivity index (χ4n) is 2.91. The quantitative estimate of drug-likeness (QED) is 0.465. The predicted octanol–water partition coefficient (Wildman–Crippen LogP) is 4.27. The first-order valence-electron chi connectivity index (χ1n) is 9.18. The third-order valence-corrected chi connectivity index (χ3v) is 4.30. The summed E-state index contributed by atoms with van der Waals surface area (Å²) in [6.45, 7) is 5.58. The molecule has 0 aliphatic carbocycles. The van der Waals surface area contributed by atoms with Crippen LogP contribution in [-0.4, -0.2) is 31.5 Å². The Morgan fingerprint density at radius 2 is 1.52 bits per heavy atom. The molecule has 3 atom stereocenters. The maximum absolute atomic E-state index is 6.21. The third kappa shape index (κ3) is 6.07. The van der Waals surface area contributed by atoms with E-state index in [9.17, 15) is 0 Å². The highest BCUT2D eigenvalue weighted by Crippen LogP contribution is 2.22. The molecule has 0 radical (unpaired) electrons. The Balaban J connectivity index is 1.64. The lowest BCUT2D eigenvalue weighted by atomic mass is 10.1. The van der Waals surface area contributed by atoms with Gasteiger partial charge in [0, 0.05) is 0 Å². The normalized spacial score (nSPS) is 21.6. The van der Waals surface area contributed by atoms with Gasteiger partial charge in [0.15, 0.2) is 0 Å². The van der Waals surface area contributed by atoms with Gasteiger partial charge in [-0.05, 0) is 17.2 Å². The van der Waals surface area contributed by atoms with Gasteiger partial charge in [-0.15, -0.1) is 6.58 Å². The molecule has 1 aliphatic heterocycles. The van der Waals surface area contributed by atoms with Crippen molar-refractivity contribution in [2.24, 2.45) is 0 Å². The zero-order valence-electron chi connectivity index (χ0n) is 15.4. The van der Waals surface area contributed by atoms with Crippen LogP contribution in [0.4, 0.5) is 0 Å². The molecule has 142 valence electrons. The van der Waals surface area contributed by atoms with E-state index in [1.165, 1.54) is 0 Å². The minimum Gasteiger partial charge on any atom is -0.493 e. The summed E-state index contributed by atoms with van der Waals surface area (Å²) in [6, 6.07) is 20.2. The zero-order chi connectivity index (χ0) is 18.7. The molecule has 0 aromatic heterocycles. The van der Waals surface area contributed by atoms with E-state index in [0.717, 1.165) is 11.1 Å². The number of ether oxygens (including phenoxy) is 4. The second-order valence-electron chi connectivity index (χ2n) is 6.35. The van der Waals surface area contributed by atoms with Crippen LogP contribution in [0.5, 0.6) is 0 Å². The van der Waals surface area contributed by atoms with Crippen LogP contribution in [0, 0.1) is 0 Å². The number of benzene rings is 2. The Bertz CT molecular complexity index is 699. The monoisotopic (exact) mass is 366 g/mol. The summed E-state index contributed by atoms with van der Waals surface area (Å²) in [5, 5.41) is 0. The summed E-state index contributed by atoms with van der Waals surface area (Å²) in [5.41, 5.74) is 2.23. The maximum atomic E-state index is 6.21. The van der Waals surface area contributed by atoms with Crippen molar-refractivity contribution in [2.45, 2.75) is 31.5 Å². The van der Waals surface area contributed by atoms with Crippen LogP contribution in [0.25, 0.3) is 0 Å². The van der Waals surface area contributed by atoms with Gasteiger partial charge in [-0.2, -0.15) is 0 Å². The molecule has 1 heterocycles. The lowest BCUT2D eigenvalue weighted by Crippen LogP contribution is -2.45. The van der Waals surface area contributed by atoms with Gasteiger partial charge in [-0.25, -0.2) is 0 Å². The van der Waals surface area contributed by atoms with Gasteiger partial charge in [0.05, 0.1) is 32.7 Å². The van der Waals surface area contributed by atoms with E-state index in [4.69, 9.17) is 18.9 Å². The van der Waals surface area contributed by atoms with E-state index in [-0.39, 0.29) is 18.3 Å². The third-order valence-electron chi connectivity index (χ3n) is 4.30. The SMILES string of the molecule is C=CCOC[C@H]1OC=C[C@@H](OCc2ccccc2)[C@@H]1OCc1ccccc1. The smallest absolute Gasteiger partial charge is 0.150 e. The first kappa shape index (κ1) is 19.4. The Hall–Kier alpha value is -2.40. The molecular weight excluding hydrogens is 340 g/mol. The highest BCUT2D eigenvalue weighted by atomic mass is 16.6. The Labute approximate surface area is 161 Å². The van der Waals surface area contributed by atoms with Crippen molar-refractivity contribution < 1.29 is 18.9 Å². The molecule has 2 aromatic rings. The van der Waals surface area contributed by atoms with Gasteiger partial charge < -0.3 is 18.9 Å². The highest BCUT2D eigenvalue weighted by molar-refractivity contribution is 5.15. The molecular formula is C23H26O4. The molecule has 0 saturated heterocycles. The average Bonchev–Trinajstić information content (AvgIpc) is 2.73. The minimum atomic E-state index is -0.260. The van der Waals surface area contributed by atoms with E-state index in [2.05, 4.69) is 6.58 Å². The van der Waals surface area contributed by atoms with E-state index in [1.54, 1.807) is 12.3 Å². The molecule has 1 aliphatic rings. The van der Waals surface area contributed by atoms with Crippen LogP contribution < -0.4 is 0 Å². The molecule has 0 fully saturated rings. The number of rotatable bonds is 10. The van der Waals surface area contributed by atoms with Gasteiger partial charge in [-0.1, -0.05) is 66.7 Å². The molecule has 4 nitrogen and oxygen atoms in total. The number of hydrogen-bond acceptors (Lipinski definition) is 4. The van der Waals surface area contributed by atoms with Crippen LogP contribution in [-0.2, 0) is 32.2 Å². The van der Waals surface area contributed by atoms with Crippen molar-refractivity contribution in [2.75, 3.05) is 13.2 Å². The van der Waals surface area contributed by atoms with E-state index >= 15 is 0 Å². The van der Waals surface area contributed by atoms with E-state index < -0.39 is 0 Å². The second-order valence-corrected chi connectivity index (χ2v) is 6.35. The minimum absolute atomic E-state index is 0.208. The zero-order valence-corrected chi connectivity index (χ0v) is 15.4. The summed E-state index contributed by atoms with van der Waals surface area (Å²) < 4.78 is 23.7. The molecule has 0 amide bonds. The molecule has 0 spiro atoms. The second kappa shape index (κ2) is 10.7. The molecule has 4 heteroatoms. The molecule has 0 saturated carbocycles. The lowest BCUT2D eigenvalue weighted by Gasteiger charge is -2.34. The highest BCUT2D eigenvalue weighted by Gasteiger charge is 2.34.